The highest BCUT2D eigenvalue weighted by molar-refractivity contribution is 5.91. The standard InChI is InChI=1S/C10H9N3O/c11-10(14)5-4-8-7-12-13-6-2-1-3-9(8)13/h1-7H,(H2,11,14)/b5-4+. The van der Waals surface area contributed by atoms with E-state index in [-0.39, 0.29) is 0 Å². The molecule has 1 amide bonds. The van der Waals surface area contributed by atoms with Crippen molar-refractivity contribution in [2.24, 2.45) is 5.73 Å². The molecule has 0 atom stereocenters. The van der Waals surface area contributed by atoms with Gasteiger partial charge in [0.2, 0.25) is 5.91 Å². The molecule has 0 aromatic carbocycles. The van der Waals surface area contributed by atoms with Gasteiger partial charge in [0.05, 0.1) is 11.7 Å². The molecule has 2 rings (SSSR count). The fourth-order valence-corrected chi connectivity index (χ4v) is 1.25. The van der Waals surface area contributed by atoms with Crippen LogP contribution in [-0.4, -0.2) is 15.5 Å². The summed E-state index contributed by atoms with van der Waals surface area (Å²) in [6.45, 7) is 0. The topological polar surface area (TPSA) is 60.4 Å². The summed E-state index contributed by atoms with van der Waals surface area (Å²) in [4.78, 5) is 10.5. The molecule has 14 heavy (non-hydrogen) atoms. The van der Waals surface area contributed by atoms with E-state index in [1.165, 1.54) is 6.08 Å². The summed E-state index contributed by atoms with van der Waals surface area (Å²) in [7, 11) is 0. The highest BCUT2D eigenvalue weighted by Gasteiger charge is 1.98. The summed E-state index contributed by atoms with van der Waals surface area (Å²) in [5.41, 5.74) is 6.83. The Morgan fingerprint density at radius 3 is 3.14 bits per heavy atom. The Morgan fingerprint density at radius 2 is 2.36 bits per heavy atom. The van der Waals surface area contributed by atoms with Crippen LogP contribution in [-0.2, 0) is 4.79 Å². The van der Waals surface area contributed by atoms with E-state index in [9.17, 15) is 4.79 Å². The van der Waals surface area contributed by atoms with Gasteiger partial charge in [-0.25, -0.2) is 4.52 Å². The highest BCUT2D eigenvalue weighted by Crippen LogP contribution is 2.10. The molecular formula is C10H9N3O. The van der Waals surface area contributed by atoms with Crippen molar-refractivity contribution in [3.05, 3.63) is 42.2 Å². The molecule has 0 aliphatic heterocycles. The summed E-state index contributed by atoms with van der Waals surface area (Å²) in [6, 6.07) is 5.73. The molecule has 2 aromatic heterocycles. The van der Waals surface area contributed by atoms with Crippen LogP contribution in [0.2, 0.25) is 0 Å². The maximum absolute atomic E-state index is 10.5. The van der Waals surface area contributed by atoms with Crippen molar-refractivity contribution in [2.45, 2.75) is 0 Å². The van der Waals surface area contributed by atoms with Crippen LogP contribution in [0.4, 0.5) is 0 Å². The van der Waals surface area contributed by atoms with Crippen LogP contribution in [0.3, 0.4) is 0 Å². The van der Waals surface area contributed by atoms with Crippen LogP contribution >= 0.6 is 0 Å². The van der Waals surface area contributed by atoms with Crippen LogP contribution in [0, 0.1) is 0 Å². The van der Waals surface area contributed by atoms with E-state index in [2.05, 4.69) is 5.10 Å². The smallest absolute Gasteiger partial charge is 0.241 e. The lowest BCUT2D eigenvalue weighted by Crippen LogP contribution is -2.04. The first-order valence-electron chi connectivity index (χ1n) is 4.17. The van der Waals surface area contributed by atoms with E-state index in [0.717, 1.165) is 11.1 Å². The number of hydrogen-bond donors (Lipinski definition) is 1. The lowest BCUT2D eigenvalue weighted by molar-refractivity contribution is -0.113. The maximum Gasteiger partial charge on any atom is 0.241 e. The van der Waals surface area contributed by atoms with Crippen LogP contribution < -0.4 is 5.73 Å². The van der Waals surface area contributed by atoms with Gasteiger partial charge in [0, 0.05) is 17.8 Å². The van der Waals surface area contributed by atoms with Crippen LogP contribution in [0.15, 0.2) is 36.7 Å². The van der Waals surface area contributed by atoms with Crippen molar-refractivity contribution in [3.8, 4) is 0 Å². The number of rotatable bonds is 2. The Labute approximate surface area is 80.6 Å². The molecule has 0 spiro atoms. The summed E-state index contributed by atoms with van der Waals surface area (Å²) >= 11 is 0. The molecule has 4 heteroatoms. The van der Waals surface area contributed by atoms with Crippen molar-refractivity contribution in [1.29, 1.82) is 0 Å². The Balaban J connectivity index is 2.48. The van der Waals surface area contributed by atoms with Crippen molar-refractivity contribution < 1.29 is 4.79 Å². The van der Waals surface area contributed by atoms with Gasteiger partial charge in [-0.2, -0.15) is 5.10 Å². The van der Waals surface area contributed by atoms with Crippen molar-refractivity contribution >= 4 is 17.5 Å². The Hall–Kier alpha value is -2.10. The van der Waals surface area contributed by atoms with Gasteiger partial charge < -0.3 is 5.73 Å². The quantitative estimate of drug-likeness (QED) is 0.708. The normalized spacial score (nSPS) is 11.1. The molecule has 0 saturated heterocycles. The summed E-state index contributed by atoms with van der Waals surface area (Å²) in [5.74, 6) is -0.458. The minimum atomic E-state index is -0.458. The fourth-order valence-electron chi connectivity index (χ4n) is 1.25. The van der Waals surface area contributed by atoms with E-state index >= 15 is 0 Å². The summed E-state index contributed by atoms with van der Waals surface area (Å²) < 4.78 is 1.74. The first-order valence-corrected chi connectivity index (χ1v) is 4.17. The molecule has 0 aliphatic carbocycles. The van der Waals surface area contributed by atoms with E-state index in [1.807, 2.05) is 24.4 Å². The van der Waals surface area contributed by atoms with Crippen molar-refractivity contribution in [3.63, 3.8) is 0 Å². The average molecular weight is 187 g/mol. The molecule has 0 saturated carbocycles. The van der Waals surface area contributed by atoms with Gasteiger partial charge in [-0.15, -0.1) is 0 Å². The Kier molecular flexibility index (Phi) is 2.02. The fraction of sp³-hybridized carbons (Fsp3) is 0. The van der Waals surface area contributed by atoms with Crippen LogP contribution in [0.1, 0.15) is 5.56 Å². The lowest BCUT2D eigenvalue weighted by Gasteiger charge is -1.91. The first kappa shape index (κ1) is 8.50. The Morgan fingerprint density at radius 1 is 1.50 bits per heavy atom. The molecule has 0 aliphatic rings. The molecule has 0 bridgehead atoms. The van der Waals surface area contributed by atoms with Gasteiger partial charge in [-0.05, 0) is 18.2 Å². The van der Waals surface area contributed by atoms with Gasteiger partial charge in [-0.3, -0.25) is 4.79 Å². The first-order chi connectivity index (χ1) is 6.77. The minimum absolute atomic E-state index is 0.458. The number of pyridine rings is 1. The SMILES string of the molecule is NC(=O)/C=C/c1cnn2ccccc12. The number of nitrogens with zero attached hydrogens (tertiary/aromatic N) is 2. The molecule has 2 N–H and O–H groups in total. The molecule has 4 nitrogen and oxygen atoms in total. The molecule has 0 radical (unpaired) electrons. The lowest BCUT2D eigenvalue weighted by atomic mass is 10.2. The number of fused-ring (bicyclic) bond motifs is 1. The van der Waals surface area contributed by atoms with Gasteiger partial charge in [0.15, 0.2) is 0 Å². The molecule has 0 fully saturated rings. The van der Waals surface area contributed by atoms with Crippen molar-refractivity contribution in [2.75, 3.05) is 0 Å². The van der Waals surface area contributed by atoms with E-state index < -0.39 is 5.91 Å². The molecular weight excluding hydrogens is 178 g/mol. The van der Waals surface area contributed by atoms with Gasteiger partial charge in [-0.1, -0.05) is 6.07 Å². The second-order valence-corrected chi connectivity index (χ2v) is 2.87. The van der Waals surface area contributed by atoms with Crippen molar-refractivity contribution in [1.82, 2.24) is 9.61 Å². The largest absolute Gasteiger partial charge is 0.366 e. The van der Waals surface area contributed by atoms with Crippen LogP contribution in [0.25, 0.3) is 11.6 Å². The Bertz CT molecular complexity index is 499. The predicted molar refractivity (Wildman–Crippen MR) is 53.4 cm³/mol. The van der Waals surface area contributed by atoms with Gasteiger partial charge in [0.25, 0.3) is 0 Å². The number of amides is 1. The monoisotopic (exact) mass is 187 g/mol. The van der Waals surface area contributed by atoms with E-state index in [0.29, 0.717) is 0 Å². The predicted octanol–water partition coefficient (Wildman–Crippen LogP) is 0.833. The molecule has 2 aromatic rings. The summed E-state index contributed by atoms with van der Waals surface area (Å²) in [6.07, 6.45) is 6.51. The molecule has 2 heterocycles. The third kappa shape index (κ3) is 1.50. The van der Waals surface area contributed by atoms with Crippen LogP contribution in [0.5, 0.6) is 0 Å². The third-order valence-corrected chi connectivity index (χ3v) is 1.88. The number of carbonyl (C=O) groups excluding carboxylic acids is 1. The maximum atomic E-state index is 10.5. The van der Waals surface area contributed by atoms with E-state index in [4.69, 9.17) is 5.73 Å². The highest BCUT2D eigenvalue weighted by atomic mass is 16.1. The zero-order chi connectivity index (χ0) is 9.97. The number of carbonyl (C=O) groups is 1. The second kappa shape index (κ2) is 3.33. The third-order valence-electron chi connectivity index (χ3n) is 1.88. The van der Waals surface area contributed by atoms with Gasteiger partial charge >= 0.3 is 0 Å². The molecule has 70 valence electrons. The second-order valence-electron chi connectivity index (χ2n) is 2.87. The zero-order valence-corrected chi connectivity index (χ0v) is 7.42. The molecule has 0 unspecified atom stereocenters. The van der Waals surface area contributed by atoms with E-state index in [1.54, 1.807) is 16.8 Å². The number of primary amides is 1. The number of aromatic nitrogens is 2. The summed E-state index contributed by atoms with van der Waals surface area (Å²) in [5, 5.41) is 4.11. The number of hydrogen-bond acceptors (Lipinski definition) is 2. The number of nitrogens with two attached hydrogens (primary N) is 1. The minimum Gasteiger partial charge on any atom is -0.366 e. The zero-order valence-electron chi connectivity index (χ0n) is 7.42. The van der Waals surface area contributed by atoms with Gasteiger partial charge in [0.1, 0.15) is 0 Å². The average Bonchev–Trinajstić information content (AvgIpc) is 2.58.